The average Bonchev–Trinajstić information content (AvgIpc) is 2.98. The van der Waals surface area contributed by atoms with E-state index in [2.05, 4.69) is 22.3 Å². The van der Waals surface area contributed by atoms with Gasteiger partial charge in [0.2, 0.25) is 5.95 Å². The molecule has 0 spiro atoms. The topological polar surface area (TPSA) is 42.2 Å². The highest BCUT2D eigenvalue weighted by molar-refractivity contribution is 5.42. The van der Waals surface area contributed by atoms with Crippen molar-refractivity contribution in [3.05, 3.63) is 24.4 Å². The first-order chi connectivity index (χ1) is 8.31. The van der Waals surface area contributed by atoms with Crippen LogP contribution in [-0.2, 0) is 0 Å². The SMILES string of the molecule is CCCC1(CNc2nc3ccccn3n2)CC1. The molecule has 1 aliphatic rings. The third kappa shape index (κ3) is 2.12. The van der Waals surface area contributed by atoms with E-state index in [-0.39, 0.29) is 0 Å². The van der Waals surface area contributed by atoms with Crippen LogP contribution in [0.3, 0.4) is 0 Å². The molecule has 0 aromatic carbocycles. The van der Waals surface area contributed by atoms with E-state index < -0.39 is 0 Å². The molecule has 0 bridgehead atoms. The second-order valence-corrected chi connectivity index (χ2v) is 5.04. The second-order valence-electron chi connectivity index (χ2n) is 5.04. The Morgan fingerprint density at radius 2 is 2.29 bits per heavy atom. The van der Waals surface area contributed by atoms with E-state index >= 15 is 0 Å². The van der Waals surface area contributed by atoms with Gasteiger partial charge in [-0.3, -0.25) is 0 Å². The number of aromatic nitrogens is 3. The highest BCUT2D eigenvalue weighted by Crippen LogP contribution is 2.49. The van der Waals surface area contributed by atoms with Crippen molar-refractivity contribution in [3.63, 3.8) is 0 Å². The predicted octanol–water partition coefficient (Wildman–Crippen LogP) is 2.72. The fourth-order valence-corrected chi connectivity index (χ4v) is 2.40. The van der Waals surface area contributed by atoms with E-state index in [4.69, 9.17) is 0 Å². The fraction of sp³-hybridized carbons (Fsp3) is 0.538. The number of rotatable bonds is 5. The molecule has 2 aromatic rings. The normalized spacial score (nSPS) is 17.2. The van der Waals surface area contributed by atoms with Crippen molar-refractivity contribution in [2.45, 2.75) is 32.6 Å². The number of pyridine rings is 1. The van der Waals surface area contributed by atoms with Crippen LogP contribution in [0.4, 0.5) is 5.95 Å². The zero-order valence-corrected chi connectivity index (χ0v) is 10.2. The lowest BCUT2D eigenvalue weighted by molar-refractivity contribution is 0.484. The van der Waals surface area contributed by atoms with Gasteiger partial charge in [0.25, 0.3) is 0 Å². The molecule has 0 amide bonds. The van der Waals surface area contributed by atoms with Gasteiger partial charge in [0, 0.05) is 12.7 Å². The van der Waals surface area contributed by atoms with Crippen LogP contribution in [0.1, 0.15) is 32.6 Å². The van der Waals surface area contributed by atoms with Gasteiger partial charge in [-0.15, -0.1) is 5.10 Å². The minimum Gasteiger partial charge on any atom is -0.352 e. The van der Waals surface area contributed by atoms with Gasteiger partial charge in [-0.1, -0.05) is 19.4 Å². The quantitative estimate of drug-likeness (QED) is 0.858. The Kier molecular flexibility index (Phi) is 2.50. The van der Waals surface area contributed by atoms with Crippen molar-refractivity contribution in [2.24, 2.45) is 5.41 Å². The van der Waals surface area contributed by atoms with Crippen LogP contribution in [0.5, 0.6) is 0 Å². The van der Waals surface area contributed by atoms with Crippen LogP contribution in [-0.4, -0.2) is 21.1 Å². The first kappa shape index (κ1) is 10.6. The molecule has 4 nitrogen and oxygen atoms in total. The van der Waals surface area contributed by atoms with E-state index in [1.165, 1.54) is 25.7 Å². The van der Waals surface area contributed by atoms with Crippen molar-refractivity contribution in [1.29, 1.82) is 0 Å². The summed E-state index contributed by atoms with van der Waals surface area (Å²) in [4.78, 5) is 4.44. The molecule has 17 heavy (non-hydrogen) atoms. The van der Waals surface area contributed by atoms with Gasteiger partial charge in [-0.05, 0) is 36.8 Å². The van der Waals surface area contributed by atoms with Crippen LogP contribution in [0, 0.1) is 5.41 Å². The molecule has 2 aromatic heterocycles. The first-order valence-electron chi connectivity index (χ1n) is 6.37. The molecule has 0 saturated heterocycles. The molecule has 3 rings (SSSR count). The highest BCUT2D eigenvalue weighted by atomic mass is 15.3. The van der Waals surface area contributed by atoms with Crippen molar-refractivity contribution in [3.8, 4) is 0 Å². The first-order valence-corrected chi connectivity index (χ1v) is 6.37. The van der Waals surface area contributed by atoms with E-state index in [9.17, 15) is 0 Å². The summed E-state index contributed by atoms with van der Waals surface area (Å²) in [6.45, 7) is 3.26. The number of hydrogen-bond acceptors (Lipinski definition) is 3. The molecular weight excluding hydrogens is 212 g/mol. The summed E-state index contributed by atoms with van der Waals surface area (Å²) < 4.78 is 1.81. The number of anilines is 1. The Morgan fingerprint density at radius 3 is 3.00 bits per heavy atom. The van der Waals surface area contributed by atoms with Crippen molar-refractivity contribution >= 4 is 11.6 Å². The Hall–Kier alpha value is -1.58. The molecule has 1 N–H and O–H groups in total. The Bertz CT molecular complexity index is 480. The lowest BCUT2D eigenvalue weighted by Crippen LogP contribution is -2.15. The summed E-state index contributed by atoms with van der Waals surface area (Å²) in [5.74, 6) is 0.749. The number of fused-ring (bicyclic) bond motifs is 1. The molecule has 1 saturated carbocycles. The van der Waals surface area contributed by atoms with Gasteiger partial charge >= 0.3 is 0 Å². The third-order valence-corrected chi connectivity index (χ3v) is 3.60. The van der Waals surface area contributed by atoms with Crippen LogP contribution >= 0.6 is 0 Å². The molecule has 1 aliphatic carbocycles. The highest BCUT2D eigenvalue weighted by Gasteiger charge is 2.41. The summed E-state index contributed by atoms with van der Waals surface area (Å²) >= 11 is 0. The number of nitrogens with zero attached hydrogens (tertiary/aromatic N) is 3. The van der Waals surface area contributed by atoms with Crippen molar-refractivity contribution < 1.29 is 0 Å². The van der Waals surface area contributed by atoms with Crippen molar-refractivity contribution in [1.82, 2.24) is 14.6 Å². The fourth-order valence-electron chi connectivity index (χ4n) is 2.40. The van der Waals surface area contributed by atoms with Gasteiger partial charge in [0.05, 0.1) is 0 Å². The summed E-state index contributed by atoms with van der Waals surface area (Å²) in [5.41, 5.74) is 1.43. The maximum absolute atomic E-state index is 4.44. The number of nitrogens with one attached hydrogen (secondary N) is 1. The Balaban J connectivity index is 1.69. The number of hydrogen-bond donors (Lipinski definition) is 1. The molecular formula is C13H18N4. The average molecular weight is 230 g/mol. The summed E-state index contributed by atoms with van der Waals surface area (Å²) in [6.07, 6.45) is 7.20. The van der Waals surface area contributed by atoms with Crippen LogP contribution in [0.25, 0.3) is 5.65 Å². The Morgan fingerprint density at radius 1 is 1.41 bits per heavy atom. The zero-order valence-electron chi connectivity index (χ0n) is 10.2. The molecule has 0 atom stereocenters. The molecule has 4 heteroatoms. The molecule has 2 heterocycles. The zero-order chi connectivity index (χ0) is 11.7. The van der Waals surface area contributed by atoms with E-state index in [0.29, 0.717) is 5.41 Å². The summed E-state index contributed by atoms with van der Waals surface area (Å²) in [6, 6.07) is 5.91. The molecule has 0 radical (unpaired) electrons. The van der Waals surface area contributed by atoms with E-state index in [1.807, 2.05) is 28.9 Å². The second kappa shape index (κ2) is 4.02. The van der Waals surface area contributed by atoms with Gasteiger partial charge in [0.1, 0.15) is 0 Å². The van der Waals surface area contributed by atoms with Gasteiger partial charge < -0.3 is 5.32 Å². The Labute approximate surface area is 101 Å². The summed E-state index contributed by atoms with van der Waals surface area (Å²) in [7, 11) is 0. The smallest absolute Gasteiger partial charge is 0.243 e. The van der Waals surface area contributed by atoms with Gasteiger partial charge in [-0.2, -0.15) is 4.98 Å². The minimum absolute atomic E-state index is 0.534. The molecule has 1 fully saturated rings. The van der Waals surface area contributed by atoms with Crippen LogP contribution in [0.2, 0.25) is 0 Å². The third-order valence-electron chi connectivity index (χ3n) is 3.60. The molecule has 0 aliphatic heterocycles. The standard InChI is InChI=1S/C13H18N4/c1-2-6-13(7-8-13)10-14-12-15-11-5-3-4-9-17(11)16-12/h3-5,9H,2,6-8,10H2,1H3,(H,14,16). The monoisotopic (exact) mass is 230 g/mol. The van der Waals surface area contributed by atoms with Gasteiger partial charge in [0.15, 0.2) is 5.65 Å². The largest absolute Gasteiger partial charge is 0.352 e. The predicted molar refractivity (Wildman–Crippen MR) is 68.1 cm³/mol. The van der Waals surface area contributed by atoms with E-state index in [0.717, 1.165) is 18.1 Å². The van der Waals surface area contributed by atoms with Crippen molar-refractivity contribution in [2.75, 3.05) is 11.9 Å². The maximum atomic E-state index is 4.44. The molecule has 90 valence electrons. The lowest BCUT2D eigenvalue weighted by atomic mass is 10.0. The van der Waals surface area contributed by atoms with E-state index in [1.54, 1.807) is 0 Å². The lowest BCUT2D eigenvalue weighted by Gasteiger charge is -2.13. The summed E-state index contributed by atoms with van der Waals surface area (Å²) in [5, 5.41) is 7.78. The van der Waals surface area contributed by atoms with Crippen LogP contribution in [0.15, 0.2) is 24.4 Å². The maximum Gasteiger partial charge on any atom is 0.243 e. The molecule has 0 unspecified atom stereocenters. The van der Waals surface area contributed by atoms with Crippen LogP contribution < -0.4 is 5.32 Å². The minimum atomic E-state index is 0.534. The van der Waals surface area contributed by atoms with Gasteiger partial charge in [-0.25, -0.2) is 4.52 Å².